The smallest absolute Gasteiger partial charge is 0.369 e. The summed E-state index contributed by atoms with van der Waals surface area (Å²) >= 11 is 6.24. The fourth-order valence-corrected chi connectivity index (χ4v) is 2.92. The first-order chi connectivity index (χ1) is 12.3. The molecule has 0 spiro atoms. The van der Waals surface area contributed by atoms with Crippen LogP contribution in [-0.2, 0) is 17.3 Å². The molecule has 1 aliphatic rings. The average Bonchev–Trinajstić information content (AvgIpc) is 2.62. The minimum atomic E-state index is -4.60. The van der Waals surface area contributed by atoms with Gasteiger partial charge in [0.2, 0.25) is 0 Å². The zero-order valence-corrected chi connectivity index (χ0v) is 14.3. The molecule has 0 saturated carbocycles. The van der Waals surface area contributed by atoms with E-state index >= 15 is 0 Å². The molecule has 2 aromatic rings. The summed E-state index contributed by atoms with van der Waals surface area (Å²) in [5, 5.41) is 3.53. The minimum absolute atomic E-state index is 0.0627. The van der Waals surface area contributed by atoms with Gasteiger partial charge < -0.3 is 10.1 Å². The summed E-state index contributed by atoms with van der Waals surface area (Å²) in [5.41, 5.74) is -0.0830. The third kappa shape index (κ3) is 4.38. The number of hydrogen-bond donors (Lipinski definition) is 1. The number of ketones is 1. The van der Waals surface area contributed by atoms with Crippen molar-refractivity contribution in [3.05, 3.63) is 58.1 Å². The fraction of sp³-hybridized carbons (Fsp3) is 0.353. The van der Waals surface area contributed by atoms with Crippen molar-refractivity contribution in [2.75, 3.05) is 19.7 Å². The van der Waals surface area contributed by atoms with Crippen molar-refractivity contribution < 1.29 is 22.7 Å². The molecule has 0 aliphatic carbocycles. The van der Waals surface area contributed by atoms with Gasteiger partial charge in [-0.2, -0.15) is 13.2 Å². The summed E-state index contributed by atoms with van der Waals surface area (Å²) < 4.78 is 43.7. The van der Waals surface area contributed by atoms with E-state index in [9.17, 15) is 18.0 Å². The molecule has 1 N–H and O–H groups in total. The van der Waals surface area contributed by atoms with E-state index in [4.69, 9.17) is 16.3 Å². The van der Waals surface area contributed by atoms with Crippen molar-refractivity contribution in [2.45, 2.75) is 18.7 Å². The highest BCUT2D eigenvalue weighted by Gasteiger charge is 2.33. The van der Waals surface area contributed by atoms with Crippen LogP contribution in [0.25, 0.3) is 0 Å². The molecule has 3 heterocycles. The topological polar surface area (TPSA) is 64.1 Å². The third-order valence-corrected chi connectivity index (χ3v) is 4.20. The van der Waals surface area contributed by atoms with E-state index in [1.165, 1.54) is 12.3 Å². The monoisotopic (exact) mass is 385 g/mol. The third-order valence-electron chi connectivity index (χ3n) is 3.90. The number of halogens is 4. The standard InChI is InChI=1S/C17H15ClF3N3O2/c18-12-5-10(8-24-16(12)14-9-22-3-4-26-14)6-13(25)11-1-2-23-15(7-11)17(19,20)21/h1-2,5,7-8,14,22H,3-4,6,9H2. The number of nitrogens with one attached hydrogen (secondary N) is 1. The van der Waals surface area contributed by atoms with Gasteiger partial charge in [-0.15, -0.1) is 0 Å². The Morgan fingerprint density at radius 2 is 2.15 bits per heavy atom. The zero-order chi connectivity index (χ0) is 18.7. The summed E-state index contributed by atoms with van der Waals surface area (Å²) in [4.78, 5) is 19.8. The molecule has 0 amide bonds. The van der Waals surface area contributed by atoms with Crippen LogP contribution in [0.4, 0.5) is 13.2 Å². The van der Waals surface area contributed by atoms with Crippen molar-refractivity contribution >= 4 is 17.4 Å². The predicted molar refractivity (Wildman–Crippen MR) is 88.1 cm³/mol. The molecule has 1 fully saturated rings. The van der Waals surface area contributed by atoms with E-state index in [1.54, 1.807) is 6.07 Å². The normalized spacial score (nSPS) is 17.9. The van der Waals surface area contributed by atoms with Crippen molar-refractivity contribution in [1.29, 1.82) is 0 Å². The van der Waals surface area contributed by atoms with E-state index in [2.05, 4.69) is 15.3 Å². The molecule has 0 radical (unpaired) electrons. The Morgan fingerprint density at radius 1 is 1.35 bits per heavy atom. The molecule has 1 saturated heterocycles. The Hall–Kier alpha value is -2.03. The molecule has 2 aromatic heterocycles. The Labute approximate surface area is 152 Å². The lowest BCUT2D eigenvalue weighted by Crippen LogP contribution is -2.33. The van der Waals surface area contributed by atoms with E-state index < -0.39 is 17.7 Å². The van der Waals surface area contributed by atoms with Crippen molar-refractivity contribution in [1.82, 2.24) is 15.3 Å². The van der Waals surface area contributed by atoms with Gasteiger partial charge in [-0.25, -0.2) is 0 Å². The summed E-state index contributed by atoms with van der Waals surface area (Å²) in [5.74, 6) is -0.473. The molecule has 5 nitrogen and oxygen atoms in total. The maximum atomic E-state index is 12.7. The average molecular weight is 386 g/mol. The number of morpholine rings is 1. The van der Waals surface area contributed by atoms with Crippen LogP contribution in [0.15, 0.2) is 30.6 Å². The van der Waals surface area contributed by atoms with E-state index in [0.29, 0.717) is 29.4 Å². The van der Waals surface area contributed by atoms with E-state index in [1.807, 2.05) is 0 Å². The number of rotatable bonds is 4. The van der Waals surface area contributed by atoms with Gasteiger partial charge >= 0.3 is 6.18 Å². The second kappa shape index (κ2) is 7.69. The van der Waals surface area contributed by atoms with Gasteiger partial charge in [0, 0.05) is 37.5 Å². The molecule has 0 aromatic carbocycles. The number of carbonyl (C=O) groups excluding carboxylic acids is 1. The van der Waals surface area contributed by atoms with E-state index in [-0.39, 0.29) is 18.1 Å². The van der Waals surface area contributed by atoms with Crippen LogP contribution in [0.3, 0.4) is 0 Å². The highest BCUT2D eigenvalue weighted by Crippen LogP contribution is 2.28. The van der Waals surface area contributed by atoms with Crippen molar-refractivity contribution in [3.63, 3.8) is 0 Å². The number of ether oxygens (including phenoxy) is 1. The number of Topliss-reactive ketones (excluding diaryl/α,β-unsaturated/α-hetero) is 1. The summed E-state index contributed by atoms with van der Waals surface area (Å²) in [7, 11) is 0. The maximum absolute atomic E-state index is 12.7. The lowest BCUT2D eigenvalue weighted by Gasteiger charge is -2.23. The second-order valence-electron chi connectivity index (χ2n) is 5.80. The Bertz CT molecular complexity index is 808. The van der Waals surface area contributed by atoms with Gasteiger partial charge in [0.15, 0.2) is 5.78 Å². The van der Waals surface area contributed by atoms with Gasteiger partial charge in [0.1, 0.15) is 11.8 Å². The number of aromatic nitrogens is 2. The number of hydrogen-bond acceptors (Lipinski definition) is 5. The Morgan fingerprint density at radius 3 is 2.81 bits per heavy atom. The van der Waals surface area contributed by atoms with Crippen LogP contribution >= 0.6 is 11.6 Å². The molecule has 1 atom stereocenters. The highest BCUT2D eigenvalue weighted by atomic mass is 35.5. The number of carbonyl (C=O) groups is 1. The summed E-state index contributed by atoms with van der Waals surface area (Å²) in [6.45, 7) is 1.89. The van der Waals surface area contributed by atoms with Crippen LogP contribution in [0.5, 0.6) is 0 Å². The number of pyridine rings is 2. The zero-order valence-electron chi connectivity index (χ0n) is 13.5. The molecular formula is C17H15ClF3N3O2. The fourth-order valence-electron chi connectivity index (χ4n) is 2.61. The first-order valence-electron chi connectivity index (χ1n) is 7.87. The molecule has 1 aliphatic heterocycles. The maximum Gasteiger partial charge on any atom is 0.433 e. The first kappa shape index (κ1) is 18.8. The number of nitrogens with zero attached hydrogens (tertiary/aromatic N) is 2. The van der Waals surface area contributed by atoms with Crippen LogP contribution in [0.1, 0.15) is 33.4 Å². The molecule has 26 heavy (non-hydrogen) atoms. The predicted octanol–water partition coefficient (Wildman–Crippen LogP) is 3.24. The molecular weight excluding hydrogens is 371 g/mol. The van der Waals surface area contributed by atoms with Crippen molar-refractivity contribution in [3.8, 4) is 0 Å². The summed E-state index contributed by atoms with van der Waals surface area (Å²) in [6, 6.07) is 3.58. The second-order valence-corrected chi connectivity index (χ2v) is 6.21. The van der Waals surface area contributed by atoms with Crippen LogP contribution in [-0.4, -0.2) is 35.4 Å². The summed E-state index contributed by atoms with van der Waals surface area (Å²) in [6.07, 6.45) is -2.52. The van der Waals surface area contributed by atoms with Crippen LogP contribution in [0, 0.1) is 0 Å². The van der Waals surface area contributed by atoms with Gasteiger partial charge in [-0.05, 0) is 23.8 Å². The molecule has 0 bridgehead atoms. The van der Waals surface area contributed by atoms with Crippen LogP contribution in [0.2, 0.25) is 5.02 Å². The lowest BCUT2D eigenvalue weighted by atomic mass is 10.0. The first-order valence-corrected chi connectivity index (χ1v) is 8.25. The minimum Gasteiger partial charge on any atom is -0.369 e. The SMILES string of the molecule is O=C(Cc1cnc(C2CNCCO2)c(Cl)c1)c1ccnc(C(F)(F)F)c1. The highest BCUT2D eigenvalue weighted by molar-refractivity contribution is 6.31. The molecule has 138 valence electrons. The van der Waals surface area contributed by atoms with Crippen molar-refractivity contribution in [2.24, 2.45) is 0 Å². The Balaban J connectivity index is 1.74. The molecule has 1 unspecified atom stereocenters. The van der Waals surface area contributed by atoms with Gasteiger partial charge in [0.05, 0.1) is 17.3 Å². The largest absolute Gasteiger partial charge is 0.433 e. The molecule has 3 rings (SSSR count). The van der Waals surface area contributed by atoms with Gasteiger partial charge in [-0.1, -0.05) is 11.6 Å². The lowest BCUT2D eigenvalue weighted by molar-refractivity contribution is -0.141. The number of alkyl halides is 3. The van der Waals surface area contributed by atoms with Crippen LogP contribution < -0.4 is 5.32 Å². The van der Waals surface area contributed by atoms with Gasteiger partial charge in [0.25, 0.3) is 0 Å². The van der Waals surface area contributed by atoms with E-state index in [0.717, 1.165) is 18.8 Å². The Kier molecular flexibility index (Phi) is 5.55. The molecule has 9 heteroatoms. The quantitative estimate of drug-likeness (QED) is 0.819. The van der Waals surface area contributed by atoms with Gasteiger partial charge in [-0.3, -0.25) is 14.8 Å².